The summed E-state index contributed by atoms with van der Waals surface area (Å²) in [4.78, 5) is 8.18. The van der Waals surface area contributed by atoms with Gasteiger partial charge < -0.3 is 5.32 Å². The zero-order chi connectivity index (χ0) is 8.27. The van der Waals surface area contributed by atoms with Crippen LogP contribution < -0.4 is 5.32 Å². The van der Waals surface area contributed by atoms with Crippen LogP contribution in [0.5, 0.6) is 0 Å². The molecule has 1 N–H and O–H groups in total. The molecule has 0 amide bonds. The number of alkyl halides is 1. The fraction of sp³-hybridized carbons (Fsp3) is 0.429. The summed E-state index contributed by atoms with van der Waals surface area (Å²) in [6.07, 6.45) is 1.74. The van der Waals surface area contributed by atoms with Crippen molar-refractivity contribution in [1.82, 2.24) is 9.97 Å². The molecular formula is C7H10ClN3. The van der Waals surface area contributed by atoms with Gasteiger partial charge in [0, 0.05) is 18.8 Å². The molecule has 4 heteroatoms. The van der Waals surface area contributed by atoms with E-state index >= 15 is 0 Å². The summed E-state index contributed by atoms with van der Waals surface area (Å²) in [6.45, 7) is 1.85. The number of aryl methyl sites for hydroxylation is 1. The molecule has 0 saturated carbocycles. The van der Waals surface area contributed by atoms with Crippen LogP contribution >= 0.6 is 11.6 Å². The normalized spacial score (nSPS) is 9.73. The molecule has 60 valence electrons. The minimum absolute atomic E-state index is 0.441. The Labute approximate surface area is 70.8 Å². The van der Waals surface area contributed by atoms with Crippen molar-refractivity contribution >= 4 is 17.4 Å². The van der Waals surface area contributed by atoms with Gasteiger partial charge in [-0.3, -0.25) is 0 Å². The monoisotopic (exact) mass is 171 g/mol. The van der Waals surface area contributed by atoms with Crippen LogP contribution in [0.25, 0.3) is 0 Å². The second-order valence-electron chi connectivity index (χ2n) is 2.17. The molecule has 1 aromatic rings. The van der Waals surface area contributed by atoms with E-state index < -0.39 is 0 Å². The van der Waals surface area contributed by atoms with Gasteiger partial charge in [0.05, 0.1) is 5.88 Å². The Bertz CT molecular complexity index is 249. The Morgan fingerprint density at radius 2 is 2.36 bits per heavy atom. The lowest BCUT2D eigenvalue weighted by atomic mass is 10.3. The van der Waals surface area contributed by atoms with Crippen LogP contribution in [-0.2, 0) is 5.88 Å². The van der Waals surface area contributed by atoms with Gasteiger partial charge in [-0.2, -0.15) is 0 Å². The summed E-state index contributed by atoms with van der Waals surface area (Å²) in [5, 5.41) is 2.95. The minimum atomic E-state index is 0.441. The van der Waals surface area contributed by atoms with E-state index in [0.29, 0.717) is 5.88 Å². The molecule has 0 fully saturated rings. The first-order valence-electron chi connectivity index (χ1n) is 3.34. The third-order valence-electron chi connectivity index (χ3n) is 1.37. The topological polar surface area (TPSA) is 37.8 Å². The molecule has 11 heavy (non-hydrogen) atoms. The van der Waals surface area contributed by atoms with Gasteiger partial charge in [-0.05, 0) is 6.92 Å². The molecule has 0 saturated heterocycles. The molecule has 0 unspecified atom stereocenters. The van der Waals surface area contributed by atoms with Crippen LogP contribution in [0.3, 0.4) is 0 Å². The van der Waals surface area contributed by atoms with Crippen LogP contribution in [0, 0.1) is 6.92 Å². The Kier molecular flexibility index (Phi) is 2.65. The van der Waals surface area contributed by atoms with Crippen LogP contribution in [0.4, 0.5) is 5.82 Å². The van der Waals surface area contributed by atoms with Gasteiger partial charge in [0.1, 0.15) is 11.6 Å². The quantitative estimate of drug-likeness (QED) is 0.687. The van der Waals surface area contributed by atoms with E-state index in [1.165, 1.54) is 0 Å². The maximum absolute atomic E-state index is 5.64. The van der Waals surface area contributed by atoms with Gasteiger partial charge in [-0.25, -0.2) is 9.97 Å². The van der Waals surface area contributed by atoms with Crippen molar-refractivity contribution in [3.8, 4) is 0 Å². The highest BCUT2D eigenvalue weighted by Crippen LogP contribution is 2.12. The molecule has 1 heterocycles. The molecular weight excluding hydrogens is 162 g/mol. The molecule has 0 atom stereocenters. The number of aromatic nitrogens is 2. The van der Waals surface area contributed by atoms with E-state index in [1.807, 2.05) is 14.0 Å². The third kappa shape index (κ3) is 1.80. The molecule has 0 radical (unpaired) electrons. The van der Waals surface area contributed by atoms with Gasteiger partial charge in [-0.15, -0.1) is 11.6 Å². The standard InChI is InChI=1S/C7H10ClN3/c1-5-10-4-6(3-8)7(9-2)11-5/h4H,3H2,1-2H3,(H,9,10,11). The fourth-order valence-electron chi connectivity index (χ4n) is 0.809. The molecule has 1 rings (SSSR count). The Hall–Kier alpha value is -0.830. The molecule has 3 nitrogen and oxygen atoms in total. The Morgan fingerprint density at radius 3 is 2.91 bits per heavy atom. The largest absolute Gasteiger partial charge is 0.373 e. The van der Waals surface area contributed by atoms with E-state index in [1.54, 1.807) is 6.20 Å². The maximum Gasteiger partial charge on any atom is 0.133 e. The zero-order valence-electron chi connectivity index (χ0n) is 6.56. The first kappa shape index (κ1) is 8.27. The lowest BCUT2D eigenvalue weighted by molar-refractivity contribution is 1.03. The van der Waals surface area contributed by atoms with Crippen LogP contribution in [0.15, 0.2) is 6.20 Å². The molecule has 0 aliphatic carbocycles. The lowest BCUT2D eigenvalue weighted by Crippen LogP contribution is -2.00. The maximum atomic E-state index is 5.64. The third-order valence-corrected chi connectivity index (χ3v) is 1.65. The highest BCUT2D eigenvalue weighted by molar-refractivity contribution is 6.17. The summed E-state index contributed by atoms with van der Waals surface area (Å²) in [6, 6.07) is 0. The Balaban J connectivity index is 3.06. The zero-order valence-corrected chi connectivity index (χ0v) is 7.31. The van der Waals surface area contributed by atoms with E-state index in [-0.39, 0.29) is 0 Å². The first-order chi connectivity index (χ1) is 5.27. The van der Waals surface area contributed by atoms with Crippen molar-refractivity contribution in [2.75, 3.05) is 12.4 Å². The summed E-state index contributed by atoms with van der Waals surface area (Å²) < 4.78 is 0. The second kappa shape index (κ2) is 3.53. The number of hydrogen-bond donors (Lipinski definition) is 1. The predicted molar refractivity (Wildman–Crippen MR) is 45.9 cm³/mol. The molecule has 1 aromatic heterocycles. The fourth-order valence-corrected chi connectivity index (χ4v) is 1.00. The average Bonchev–Trinajstić information content (AvgIpc) is 2.04. The SMILES string of the molecule is CNc1nc(C)ncc1CCl. The summed E-state index contributed by atoms with van der Waals surface area (Å²) >= 11 is 5.64. The Morgan fingerprint density at radius 1 is 1.64 bits per heavy atom. The van der Waals surface area contributed by atoms with Gasteiger partial charge in [0.25, 0.3) is 0 Å². The van der Waals surface area contributed by atoms with Gasteiger partial charge in [0.2, 0.25) is 0 Å². The second-order valence-corrected chi connectivity index (χ2v) is 2.44. The number of hydrogen-bond acceptors (Lipinski definition) is 3. The van der Waals surface area contributed by atoms with Gasteiger partial charge in [0.15, 0.2) is 0 Å². The molecule has 0 aromatic carbocycles. The van der Waals surface area contributed by atoms with E-state index in [2.05, 4.69) is 15.3 Å². The van der Waals surface area contributed by atoms with Crippen molar-refractivity contribution in [3.05, 3.63) is 17.6 Å². The highest BCUT2D eigenvalue weighted by atomic mass is 35.5. The van der Waals surface area contributed by atoms with Gasteiger partial charge >= 0.3 is 0 Å². The smallest absolute Gasteiger partial charge is 0.133 e. The molecule has 0 aliphatic heterocycles. The van der Waals surface area contributed by atoms with E-state index in [0.717, 1.165) is 17.2 Å². The average molecular weight is 172 g/mol. The number of anilines is 1. The van der Waals surface area contributed by atoms with Crippen molar-refractivity contribution in [3.63, 3.8) is 0 Å². The number of nitrogens with one attached hydrogen (secondary N) is 1. The number of nitrogens with zero attached hydrogens (tertiary/aromatic N) is 2. The van der Waals surface area contributed by atoms with E-state index in [4.69, 9.17) is 11.6 Å². The van der Waals surface area contributed by atoms with Crippen LogP contribution in [0.2, 0.25) is 0 Å². The van der Waals surface area contributed by atoms with Crippen molar-refractivity contribution in [2.24, 2.45) is 0 Å². The van der Waals surface area contributed by atoms with Crippen molar-refractivity contribution < 1.29 is 0 Å². The summed E-state index contributed by atoms with van der Waals surface area (Å²) in [5.41, 5.74) is 0.930. The van der Waals surface area contributed by atoms with Crippen molar-refractivity contribution in [1.29, 1.82) is 0 Å². The van der Waals surface area contributed by atoms with Gasteiger partial charge in [-0.1, -0.05) is 0 Å². The minimum Gasteiger partial charge on any atom is -0.373 e. The lowest BCUT2D eigenvalue weighted by Gasteiger charge is -2.04. The van der Waals surface area contributed by atoms with E-state index in [9.17, 15) is 0 Å². The molecule has 0 aliphatic rings. The molecule has 0 bridgehead atoms. The number of rotatable bonds is 2. The summed E-state index contributed by atoms with van der Waals surface area (Å²) in [7, 11) is 1.82. The molecule has 0 spiro atoms. The highest BCUT2D eigenvalue weighted by Gasteiger charge is 2.00. The van der Waals surface area contributed by atoms with Crippen molar-refractivity contribution in [2.45, 2.75) is 12.8 Å². The predicted octanol–water partition coefficient (Wildman–Crippen LogP) is 1.57. The number of halogens is 1. The summed E-state index contributed by atoms with van der Waals surface area (Å²) in [5.74, 6) is 2.01. The van der Waals surface area contributed by atoms with Crippen LogP contribution in [0.1, 0.15) is 11.4 Å². The first-order valence-corrected chi connectivity index (χ1v) is 3.87. The van der Waals surface area contributed by atoms with Crippen LogP contribution in [-0.4, -0.2) is 17.0 Å².